The molecule has 0 aromatic carbocycles. The van der Waals surface area contributed by atoms with Crippen molar-refractivity contribution in [3.8, 4) is 16.2 Å². The molecule has 0 atom stereocenters. The summed E-state index contributed by atoms with van der Waals surface area (Å²) in [6, 6.07) is 0. The molecular weight excluding hydrogens is 275 g/mol. The summed E-state index contributed by atoms with van der Waals surface area (Å²) in [7, 11) is 0. The van der Waals surface area contributed by atoms with E-state index >= 15 is 0 Å². The Labute approximate surface area is 105 Å². The third-order valence-corrected chi connectivity index (χ3v) is 0. The minimum atomic E-state index is 0. The van der Waals surface area contributed by atoms with Crippen molar-refractivity contribution in [2.24, 2.45) is 0 Å². The molecule has 0 aliphatic rings. The summed E-state index contributed by atoms with van der Waals surface area (Å²) >= 11 is 11.1. The van der Waals surface area contributed by atoms with Gasteiger partial charge < -0.3 is 56.3 Å². The van der Waals surface area contributed by atoms with Gasteiger partial charge in [-0.1, -0.05) is 16.2 Å². The summed E-state index contributed by atoms with van der Waals surface area (Å²) in [5.41, 5.74) is 0. The average Bonchev–Trinajstić information content (AvgIpc) is 1.70. The molecule has 0 heterocycles. The second-order valence-electron chi connectivity index (χ2n) is 0.274. The molecule has 1 radical (unpaired) electrons. The van der Waals surface area contributed by atoms with Gasteiger partial charge in [0.15, 0.2) is 0 Å². The maximum atomic E-state index is 7.13. The molecule has 0 spiro atoms. The molecule has 0 fully saturated rings. The summed E-state index contributed by atoms with van der Waals surface area (Å²) in [4.78, 5) is 0. The quantitative estimate of drug-likeness (QED) is 0.485. The van der Waals surface area contributed by atoms with Crippen LogP contribution in [-0.2, 0) is 54.7 Å². The fourth-order valence-electron chi connectivity index (χ4n) is 0. The third kappa shape index (κ3) is 4460. The molecule has 0 bridgehead atoms. The number of nitrogens with zero attached hydrogens (tertiary/aromatic N) is 3. The first-order valence-corrected chi connectivity index (χ1v) is 2.51. The smallest absolute Gasteiger partial charge is 0 e. The fourth-order valence-corrected chi connectivity index (χ4v) is 0. The van der Waals surface area contributed by atoms with Crippen LogP contribution < -0.4 is 0 Å². The van der Waals surface area contributed by atoms with Gasteiger partial charge in [-0.2, -0.15) is 0 Å². The van der Waals surface area contributed by atoms with E-state index in [9.17, 15) is 0 Å². The second kappa shape index (κ2) is 201. The zero-order valence-electron chi connectivity index (χ0n) is 6.13. The SMILES string of the molecule is N#C[S-].N#C[S-].N#C[S-].[Co].[NH2-].[NH2-].[NH2-]. The molecule has 13 heavy (non-hydrogen) atoms. The standard InChI is InChI=1S/3CHNS.Co.3H2N/c3*2-1-3;;;;/h3*3H;;3*1H2/q;;;;3*-1/p-3. The zero-order chi connectivity index (χ0) is 8.12. The van der Waals surface area contributed by atoms with Gasteiger partial charge >= 0.3 is 0 Å². The Balaban J connectivity index is -0.00000000720. The molecule has 0 saturated heterocycles. The Morgan fingerprint density at radius 2 is 0.615 bits per heavy atom. The minimum absolute atomic E-state index is 0. The summed E-state index contributed by atoms with van der Waals surface area (Å²) in [6.07, 6.45) is 0. The van der Waals surface area contributed by atoms with E-state index in [-0.39, 0.29) is 35.2 Å². The van der Waals surface area contributed by atoms with Gasteiger partial charge in [-0.05, 0) is 0 Å². The molecule has 0 aromatic heterocycles. The van der Waals surface area contributed by atoms with Crippen LogP contribution in [-0.4, -0.2) is 0 Å². The predicted octanol–water partition coefficient (Wildman–Crippen LogP) is 2.19. The first-order chi connectivity index (χ1) is 4.24. The normalized spacial score (nSPS) is 1.62. The molecule has 0 amide bonds. The van der Waals surface area contributed by atoms with E-state index in [1.807, 2.05) is 0 Å². The van der Waals surface area contributed by atoms with Crippen LogP contribution in [0.25, 0.3) is 18.5 Å². The minimum Gasteiger partial charge on any atom is -0.696 e. The van der Waals surface area contributed by atoms with Crippen molar-refractivity contribution in [1.29, 1.82) is 15.8 Å². The maximum Gasteiger partial charge on any atom is 0 e. The van der Waals surface area contributed by atoms with Gasteiger partial charge in [0.1, 0.15) is 0 Å². The predicted molar refractivity (Wildman–Crippen MR) is 54.8 cm³/mol. The number of nitriles is 3. The monoisotopic (exact) mass is 281 g/mol. The van der Waals surface area contributed by atoms with Crippen LogP contribution in [0, 0.1) is 32.0 Å². The van der Waals surface area contributed by atoms with E-state index in [2.05, 4.69) is 37.9 Å². The molecule has 6 nitrogen and oxygen atoms in total. The Bertz CT molecular complexity index is 116. The van der Waals surface area contributed by atoms with Gasteiger partial charge in [0, 0.05) is 16.8 Å². The molecule has 0 aromatic rings. The fraction of sp³-hybridized carbons (Fsp3) is 0. The number of thiocyanates is 3. The van der Waals surface area contributed by atoms with Gasteiger partial charge in [-0.25, -0.2) is 15.8 Å². The van der Waals surface area contributed by atoms with Crippen LogP contribution in [0.5, 0.6) is 0 Å². The first-order valence-electron chi connectivity index (χ1n) is 1.28. The number of nitrogens with two attached hydrogens (primary N) is 3. The molecule has 10 heteroatoms. The molecule has 0 rings (SSSR count). The molecule has 0 aliphatic carbocycles. The molecule has 0 aliphatic heterocycles. The van der Waals surface area contributed by atoms with E-state index in [4.69, 9.17) is 15.8 Å². The maximum absolute atomic E-state index is 7.13. The Hall–Kier alpha value is -0.484. The first kappa shape index (κ1) is 54.6. The molecule has 6 N–H and O–H groups in total. The summed E-state index contributed by atoms with van der Waals surface area (Å²) in [5, 5.41) is 25.4. The van der Waals surface area contributed by atoms with Gasteiger partial charge in [-0.15, -0.1) is 0 Å². The van der Waals surface area contributed by atoms with Crippen molar-refractivity contribution in [3.05, 3.63) is 18.5 Å². The molecule has 0 unspecified atom stereocenters. The second-order valence-corrected chi connectivity index (χ2v) is 0.822. The van der Waals surface area contributed by atoms with Crippen molar-refractivity contribution in [1.82, 2.24) is 0 Å². The average molecular weight is 281 g/mol. The molecule has 81 valence electrons. The Morgan fingerprint density at radius 3 is 0.615 bits per heavy atom. The topological polar surface area (TPSA) is 172 Å². The van der Waals surface area contributed by atoms with E-state index < -0.39 is 0 Å². The van der Waals surface area contributed by atoms with E-state index in [0.29, 0.717) is 0 Å². The zero-order valence-corrected chi connectivity index (χ0v) is 9.62. The van der Waals surface area contributed by atoms with Gasteiger partial charge in [0.2, 0.25) is 0 Å². The van der Waals surface area contributed by atoms with Gasteiger partial charge in [0.05, 0.1) is 0 Å². The number of hydrogen-bond donors (Lipinski definition) is 0. The van der Waals surface area contributed by atoms with Crippen molar-refractivity contribution >= 4 is 37.9 Å². The van der Waals surface area contributed by atoms with Crippen LogP contribution in [0.1, 0.15) is 0 Å². The summed E-state index contributed by atoms with van der Waals surface area (Å²) in [5.74, 6) is 0. The van der Waals surface area contributed by atoms with Crippen LogP contribution in [0.3, 0.4) is 0 Å². The van der Waals surface area contributed by atoms with Crippen LogP contribution in [0.4, 0.5) is 0 Å². The van der Waals surface area contributed by atoms with E-state index in [0.717, 1.165) is 0 Å². The van der Waals surface area contributed by atoms with Crippen LogP contribution >= 0.6 is 0 Å². The van der Waals surface area contributed by atoms with Crippen molar-refractivity contribution in [3.63, 3.8) is 0 Å². The molecular formula is C3H6CoN6S3-6. The third-order valence-electron chi connectivity index (χ3n) is 0. The number of hydrogen-bond acceptors (Lipinski definition) is 6. The Morgan fingerprint density at radius 1 is 0.615 bits per heavy atom. The number of rotatable bonds is 0. The summed E-state index contributed by atoms with van der Waals surface area (Å²) < 4.78 is 0. The van der Waals surface area contributed by atoms with Crippen LogP contribution in [0.15, 0.2) is 0 Å². The summed E-state index contributed by atoms with van der Waals surface area (Å²) in [6.45, 7) is 0. The van der Waals surface area contributed by atoms with E-state index in [1.54, 1.807) is 0 Å². The van der Waals surface area contributed by atoms with Crippen molar-refractivity contribution < 1.29 is 16.8 Å². The Kier molecular flexibility index (Phi) is 844. The van der Waals surface area contributed by atoms with Gasteiger partial charge in [0.25, 0.3) is 0 Å². The van der Waals surface area contributed by atoms with Crippen LogP contribution in [0.2, 0.25) is 0 Å². The van der Waals surface area contributed by atoms with E-state index in [1.165, 1.54) is 16.2 Å². The van der Waals surface area contributed by atoms with Gasteiger partial charge in [-0.3, -0.25) is 0 Å². The van der Waals surface area contributed by atoms with Crippen molar-refractivity contribution in [2.45, 2.75) is 0 Å². The molecule has 0 saturated carbocycles. The largest absolute Gasteiger partial charge is 0.696 e. The van der Waals surface area contributed by atoms with Crippen molar-refractivity contribution in [2.75, 3.05) is 0 Å².